The average molecular weight is 608 g/mol. The monoisotopic (exact) mass is 607 g/mol. The number of hydrogen-bond donors (Lipinski definition) is 2. The van der Waals surface area contributed by atoms with Crippen LogP contribution in [0.15, 0.2) is 76.9 Å². The number of carboxylic acids is 1. The summed E-state index contributed by atoms with van der Waals surface area (Å²) in [6, 6.07) is 19.6. The Morgan fingerprint density at radius 3 is 2.44 bits per heavy atom. The molecule has 0 aliphatic rings. The van der Waals surface area contributed by atoms with E-state index in [1.54, 1.807) is 42.5 Å². The van der Waals surface area contributed by atoms with Gasteiger partial charge in [0, 0.05) is 15.6 Å². The largest absolute Gasteiger partial charge is 0.493 e. The standard InChI is InChI=1S/C24H19BrINO5/c1-31-21-13-15(11-19(26)22(21)32-14-17-9-5-6-10-18(17)25)12-20(24(29)30)27-23(28)16-7-3-2-4-8-16/h2-13H,14H2,1H3,(H,27,28)(H,29,30). The van der Waals surface area contributed by atoms with E-state index in [2.05, 4.69) is 43.8 Å². The highest BCUT2D eigenvalue weighted by molar-refractivity contribution is 14.1. The highest BCUT2D eigenvalue weighted by Crippen LogP contribution is 2.35. The molecule has 164 valence electrons. The van der Waals surface area contributed by atoms with Crippen molar-refractivity contribution in [3.63, 3.8) is 0 Å². The molecule has 0 atom stereocenters. The summed E-state index contributed by atoms with van der Waals surface area (Å²) in [5.41, 5.74) is 1.64. The van der Waals surface area contributed by atoms with E-state index >= 15 is 0 Å². The van der Waals surface area contributed by atoms with Crippen molar-refractivity contribution in [3.8, 4) is 11.5 Å². The zero-order valence-electron chi connectivity index (χ0n) is 17.0. The summed E-state index contributed by atoms with van der Waals surface area (Å²) in [4.78, 5) is 24.1. The minimum Gasteiger partial charge on any atom is -0.493 e. The summed E-state index contributed by atoms with van der Waals surface area (Å²) in [6.45, 7) is 0.330. The highest BCUT2D eigenvalue weighted by atomic mass is 127. The van der Waals surface area contributed by atoms with E-state index < -0.39 is 11.9 Å². The molecule has 1 amide bonds. The van der Waals surface area contributed by atoms with Crippen molar-refractivity contribution >= 4 is 56.5 Å². The Morgan fingerprint density at radius 1 is 1.09 bits per heavy atom. The lowest BCUT2D eigenvalue weighted by molar-refractivity contribution is -0.132. The van der Waals surface area contributed by atoms with Crippen molar-refractivity contribution in [1.82, 2.24) is 5.32 Å². The summed E-state index contributed by atoms with van der Waals surface area (Å²) in [5, 5.41) is 12.0. The number of benzene rings is 3. The normalized spacial score (nSPS) is 11.0. The van der Waals surface area contributed by atoms with Crippen molar-refractivity contribution in [1.29, 1.82) is 0 Å². The molecule has 0 saturated carbocycles. The molecule has 6 nitrogen and oxygen atoms in total. The molecule has 0 bridgehead atoms. The number of hydrogen-bond acceptors (Lipinski definition) is 4. The summed E-state index contributed by atoms with van der Waals surface area (Å²) >= 11 is 5.61. The third-order valence-electron chi connectivity index (χ3n) is 4.41. The van der Waals surface area contributed by atoms with Crippen LogP contribution in [0.1, 0.15) is 21.5 Å². The van der Waals surface area contributed by atoms with Crippen LogP contribution in [0.5, 0.6) is 11.5 Å². The molecule has 0 radical (unpaired) electrons. The van der Waals surface area contributed by atoms with Gasteiger partial charge < -0.3 is 19.9 Å². The van der Waals surface area contributed by atoms with Crippen LogP contribution < -0.4 is 14.8 Å². The molecule has 0 saturated heterocycles. The molecule has 0 aromatic heterocycles. The Hall–Kier alpha value is -2.85. The number of aliphatic carboxylic acids is 1. The zero-order chi connectivity index (χ0) is 23.1. The van der Waals surface area contributed by atoms with Crippen LogP contribution in [0.3, 0.4) is 0 Å². The number of carbonyl (C=O) groups excluding carboxylic acids is 1. The quantitative estimate of drug-likeness (QED) is 0.261. The summed E-state index contributed by atoms with van der Waals surface area (Å²) in [6.07, 6.45) is 1.38. The van der Waals surface area contributed by atoms with Crippen molar-refractivity contribution in [2.45, 2.75) is 6.61 Å². The number of carboxylic acid groups (broad SMARTS) is 1. The number of ether oxygens (including phenoxy) is 2. The SMILES string of the molecule is COc1cc(C=C(NC(=O)c2ccccc2)C(=O)O)cc(I)c1OCc1ccccc1Br. The van der Waals surface area contributed by atoms with Crippen molar-refractivity contribution in [2.75, 3.05) is 7.11 Å². The first kappa shape index (κ1) is 23.8. The molecule has 3 aromatic carbocycles. The van der Waals surface area contributed by atoms with Crippen LogP contribution in [0.2, 0.25) is 0 Å². The summed E-state index contributed by atoms with van der Waals surface area (Å²) in [5.74, 6) is -0.757. The predicted molar refractivity (Wildman–Crippen MR) is 134 cm³/mol. The second-order valence-electron chi connectivity index (χ2n) is 6.60. The smallest absolute Gasteiger partial charge is 0.352 e. The molecule has 8 heteroatoms. The van der Waals surface area contributed by atoms with Crippen molar-refractivity contribution < 1.29 is 24.2 Å². The van der Waals surface area contributed by atoms with Gasteiger partial charge in [0.15, 0.2) is 11.5 Å². The maximum atomic E-state index is 12.4. The van der Waals surface area contributed by atoms with E-state index in [9.17, 15) is 14.7 Å². The highest BCUT2D eigenvalue weighted by Gasteiger charge is 2.16. The minimum atomic E-state index is -1.25. The van der Waals surface area contributed by atoms with Gasteiger partial charge >= 0.3 is 5.97 Å². The minimum absolute atomic E-state index is 0.251. The van der Waals surface area contributed by atoms with Gasteiger partial charge in [0.05, 0.1) is 10.7 Å². The van der Waals surface area contributed by atoms with E-state index in [0.717, 1.165) is 13.6 Å². The number of methoxy groups -OCH3 is 1. The Labute approximate surface area is 207 Å². The first-order valence-corrected chi connectivity index (χ1v) is 11.3. The van der Waals surface area contributed by atoms with Gasteiger partial charge in [0.25, 0.3) is 5.91 Å². The topological polar surface area (TPSA) is 84.9 Å². The number of amides is 1. The molecule has 0 unspecified atom stereocenters. The Morgan fingerprint density at radius 2 is 1.78 bits per heavy atom. The lowest BCUT2D eigenvalue weighted by Crippen LogP contribution is -2.27. The number of nitrogens with one attached hydrogen (secondary N) is 1. The molecule has 0 aliphatic carbocycles. The van der Waals surface area contributed by atoms with Gasteiger partial charge in [-0.25, -0.2) is 4.79 Å². The van der Waals surface area contributed by atoms with Crippen LogP contribution >= 0.6 is 38.5 Å². The van der Waals surface area contributed by atoms with Crippen LogP contribution in [0.4, 0.5) is 0 Å². The van der Waals surface area contributed by atoms with Gasteiger partial charge in [0.1, 0.15) is 12.3 Å². The van der Waals surface area contributed by atoms with E-state index in [4.69, 9.17) is 9.47 Å². The Balaban J connectivity index is 1.85. The number of rotatable bonds is 8. The number of halogens is 2. The van der Waals surface area contributed by atoms with Gasteiger partial charge in [-0.1, -0.05) is 52.3 Å². The molecule has 3 aromatic rings. The van der Waals surface area contributed by atoms with Crippen molar-refractivity contribution in [2.24, 2.45) is 0 Å². The first-order chi connectivity index (χ1) is 15.4. The predicted octanol–water partition coefficient (Wildman–Crippen LogP) is 5.50. The summed E-state index contributed by atoms with van der Waals surface area (Å²) < 4.78 is 13.1. The van der Waals surface area contributed by atoms with Crippen LogP contribution in [0, 0.1) is 3.57 Å². The maximum absolute atomic E-state index is 12.4. The van der Waals surface area contributed by atoms with Crippen LogP contribution in [-0.4, -0.2) is 24.1 Å². The fourth-order valence-corrected chi connectivity index (χ4v) is 4.01. The van der Waals surface area contributed by atoms with E-state index in [1.165, 1.54) is 13.2 Å². The Kier molecular flexibility index (Phi) is 8.29. The zero-order valence-corrected chi connectivity index (χ0v) is 20.7. The first-order valence-electron chi connectivity index (χ1n) is 9.44. The van der Waals surface area contributed by atoms with Gasteiger partial charge in [-0.3, -0.25) is 4.79 Å². The fourth-order valence-electron chi connectivity index (χ4n) is 2.83. The van der Waals surface area contributed by atoms with Gasteiger partial charge in [0.2, 0.25) is 0 Å². The van der Waals surface area contributed by atoms with Gasteiger partial charge in [-0.05, 0) is 64.6 Å². The molecule has 0 aliphatic heterocycles. The lowest BCUT2D eigenvalue weighted by atomic mass is 10.1. The second-order valence-corrected chi connectivity index (χ2v) is 8.61. The van der Waals surface area contributed by atoms with Crippen molar-refractivity contribution in [3.05, 3.63) is 97.2 Å². The molecule has 0 spiro atoms. The van der Waals surface area contributed by atoms with Crippen LogP contribution in [0.25, 0.3) is 6.08 Å². The molecule has 0 heterocycles. The molecule has 3 rings (SSSR count). The molecule has 2 N–H and O–H groups in total. The van der Waals surface area contributed by atoms with E-state index in [-0.39, 0.29) is 5.70 Å². The second kappa shape index (κ2) is 11.1. The van der Waals surface area contributed by atoms with Gasteiger partial charge in [-0.2, -0.15) is 0 Å². The van der Waals surface area contributed by atoms with Crippen LogP contribution in [-0.2, 0) is 11.4 Å². The molecular weight excluding hydrogens is 589 g/mol. The molecule has 0 fully saturated rings. The maximum Gasteiger partial charge on any atom is 0.352 e. The Bertz CT molecular complexity index is 1160. The number of carbonyl (C=O) groups is 2. The van der Waals surface area contributed by atoms with E-state index in [1.807, 2.05) is 24.3 Å². The molecule has 32 heavy (non-hydrogen) atoms. The van der Waals surface area contributed by atoms with E-state index in [0.29, 0.717) is 29.2 Å². The van der Waals surface area contributed by atoms with Gasteiger partial charge in [-0.15, -0.1) is 0 Å². The third-order valence-corrected chi connectivity index (χ3v) is 5.98. The third kappa shape index (κ3) is 6.10. The summed E-state index contributed by atoms with van der Waals surface area (Å²) in [7, 11) is 1.51. The fraction of sp³-hybridized carbons (Fsp3) is 0.0833. The lowest BCUT2D eigenvalue weighted by Gasteiger charge is -2.15. The average Bonchev–Trinajstić information content (AvgIpc) is 2.79. The molecular formula is C24H19BrINO5.